The Morgan fingerprint density at radius 1 is 1.55 bits per heavy atom. The number of cyclic esters (lactones) is 1. The minimum Gasteiger partial charge on any atom is -0.488 e. The molecule has 1 amide bonds. The second-order valence-electron chi connectivity index (χ2n) is 4.62. The van der Waals surface area contributed by atoms with Gasteiger partial charge >= 0.3 is 6.09 Å². The molecule has 5 nitrogen and oxygen atoms in total. The van der Waals surface area contributed by atoms with E-state index in [9.17, 15) is 4.79 Å². The van der Waals surface area contributed by atoms with Crippen molar-refractivity contribution in [3.8, 4) is 5.75 Å². The molecule has 0 aromatic heterocycles. The SMILES string of the molecule is CCCNCc1cccc(Cl)c1OCC1CNC(=O)O1. The number of nitrogens with one attached hydrogen (secondary N) is 2. The number of alkyl carbamates (subject to hydrolysis) is 1. The first-order chi connectivity index (χ1) is 9.70. The van der Waals surface area contributed by atoms with Crippen molar-refractivity contribution in [1.29, 1.82) is 0 Å². The van der Waals surface area contributed by atoms with Gasteiger partial charge in [-0.1, -0.05) is 30.7 Å². The van der Waals surface area contributed by atoms with Crippen molar-refractivity contribution < 1.29 is 14.3 Å². The van der Waals surface area contributed by atoms with Crippen LogP contribution in [0.15, 0.2) is 18.2 Å². The molecule has 1 saturated heterocycles. The first-order valence-corrected chi connectivity index (χ1v) is 7.14. The molecule has 0 aliphatic carbocycles. The van der Waals surface area contributed by atoms with E-state index in [1.54, 1.807) is 6.07 Å². The number of ether oxygens (including phenoxy) is 2. The van der Waals surface area contributed by atoms with Gasteiger partial charge in [0.2, 0.25) is 0 Å². The molecular formula is C14H19ClN2O3. The van der Waals surface area contributed by atoms with Crippen LogP contribution < -0.4 is 15.4 Å². The number of hydrogen-bond acceptors (Lipinski definition) is 4. The van der Waals surface area contributed by atoms with Crippen LogP contribution in [-0.2, 0) is 11.3 Å². The Bertz CT molecular complexity index is 468. The molecule has 0 spiro atoms. The molecule has 1 aliphatic rings. The number of halogens is 1. The molecule has 1 aromatic rings. The van der Waals surface area contributed by atoms with Gasteiger partial charge in [-0.2, -0.15) is 0 Å². The molecule has 6 heteroatoms. The normalized spacial score (nSPS) is 17.7. The van der Waals surface area contributed by atoms with Gasteiger partial charge in [-0.3, -0.25) is 0 Å². The van der Waals surface area contributed by atoms with Crippen molar-refractivity contribution in [2.75, 3.05) is 19.7 Å². The molecule has 1 aliphatic heterocycles. The third kappa shape index (κ3) is 4.02. The van der Waals surface area contributed by atoms with Gasteiger partial charge in [0.1, 0.15) is 12.4 Å². The van der Waals surface area contributed by atoms with Crippen LogP contribution in [0.4, 0.5) is 4.79 Å². The zero-order valence-electron chi connectivity index (χ0n) is 11.4. The molecule has 2 N–H and O–H groups in total. The van der Waals surface area contributed by atoms with Crippen molar-refractivity contribution in [3.05, 3.63) is 28.8 Å². The van der Waals surface area contributed by atoms with Gasteiger partial charge < -0.3 is 20.1 Å². The summed E-state index contributed by atoms with van der Waals surface area (Å²) in [4.78, 5) is 10.9. The lowest BCUT2D eigenvalue weighted by atomic mass is 10.2. The summed E-state index contributed by atoms with van der Waals surface area (Å²) in [6.07, 6.45) is 0.401. The number of benzene rings is 1. The van der Waals surface area contributed by atoms with E-state index in [-0.39, 0.29) is 6.10 Å². The van der Waals surface area contributed by atoms with E-state index in [1.165, 1.54) is 0 Å². The molecule has 0 bridgehead atoms. The fourth-order valence-corrected chi connectivity index (χ4v) is 2.20. The minimum atomic E-state index is -0.400. The molecule has 1 heterocycles. The summed E-state index contributed by atoms with van der Waals surface area (Å²) in [6, 6.07) is 5.66. The maximum Gasteiger partial charge on any atom is 0.407 e. The molecule has 110 valence electrons. The molecule has 20 heavy (non-hydrogen) atoms. The summed E-state index contributed by atoms with van der Waals surface area (Å²) in [5.41, 5.74) is 1.00. The first-order valence-electron chi connectivity index (χ1n) is 6.76. The maximum atomic E-state index is 10.9. The summed E-state index contributed by atoms with van der Waals surface area (Å²) < 4.78 is 10.8. The van der Waals surface area contributed by atoms with E-state index >= 15 is 0 Å². The van der Waals surface area contributed by atoms with E-state index in [1.807, 2.05) is 12.1 Å². The smallest absolute Gasteiger partial charge is 0.407 e. The monoisotopic (exact) mass is 298 g/mol. The van der Waals surface area contributed by atoms with Crippen LogP contribution in [-0.4, -0.2) is 31.9 Å². The highest BCUT2D eigenvalue weighted by Crippen LogP contribution is 2.29. The molecule has 0 radical (unpaired) electrons. The zero-order chi connectivity index (χ0) is 14.4. The Labute approximate surface area is 123 Å². The number of hydrogen-bond donors (Lipinski definition) is 2. The van der Waals surface area contributed by atoms with Crippen LogP contribution >= 0.6 is 11.6 Å². The van der Waals surface area contributed by atoms with Crippen molar-refractivity contribution in [2.24, 2.45) is 0 Å². The Balaban J connectivity index is 1.96. The highest BCUT2D eigenvalue weighted by Gasteiger charge is 2.23. The van der Waals surface area contributed by atoms with Crippen molar-refractivity contribution >= 4 is 17.7 Å². The summed E-state index contributed by atoms with van der Waals surface area (Å²) in [5, 5.41) is 6.48. The standard InChI is InChI=1S/C14H19ClN2O3/c1-2-6-16-7-10-4-3-5-12(15)13(10)19-9-11-8-17-14(18)20-11/h3-5,11,16H,2,6-9H2,1H3,(H,17,18). The minimum absolute atomic E-state index is 0.268. The largest absolute Gasteiger partial charge is 0.488 e. The Morgan fingerprint density at radius 2 is 2.40 bits per heavy atom. The van der Waals surface area contributed by atoms with Crippen LogP contribution in [0.2, 0.25) is 5.02 Å². The van der Waals surface area contributed by atoms with E-state index < -0.39 is 6.09 Å². The molecule has 2 rings (SSSR count). The van der Waals surface area contributed by atoms with Gasteiger partial charge in [0, 0.05) is 12.1 Å². The van der Waals surface area contributed by atoms with E-state index in [4.69, 9.17) is 21.1 Å². The predicted octanol–water partition coefficient (Wildman–Crippen LogP) is 2.33. The zero-order valence-corrected chi connectivity index (χ0v) is 12.2. The van der Waals surface area contributed by atoms with Crippen LogP contribution in [0.3, 0.4) is 0 Å². The summed E-state index contributed by atoms with van der Waals surface area (Å²) >= 11 is 6.18. The topological polar surface area (TPSA) is 59.6 Å². The third-order valence-corrected chi connectivity index (χ3v) is 3.25. The Kier molecular flexibility index (Phi) is 5.49. The number of rotatable bonds is 7. The van der Waals surface area contributed by atoms with Crippen molar-refractivity contribution in [1.82, 2.24) is 10.6 Å². The van der Waals surface area contributed by atoms with Gasteiger partial charge in [-0.05, 0) is 19.0 Å². The fraction of sp³-hybridized carbons (Fsp3) is 0.500. The Hall–Kier alpha value is -1.46. The van der Waals surface area contributed by atoms with Gasteiger partial charge in [-0.25, -0.2) is 4.79 Å². The van der Waals surface area contributed by atoms with Gasteiger partial charge in [-0.15, -0.1) is 0 Å². The molecule has 1 unspecified atom stereocenters. The van der Waals surface area contributed by atoms with Crippen LogP contribution in [0.5, 0.6) is 5.75 Å². The average molecular weight is 299 g/mol. The quantitative estimate of drug-likeness (QED) is 0.759. The predicted molar refractivity (Wildman–Crippen MR) is 77.2 cm³/mol. The van der Waals surface area contributed by atoms with Crippen LogP contribution in [0, 0.1) is 0 Å². The number of amides is 1. The average Bonchev–Trinajstić information content (AvgIpc) is 2.84. The fourth-order valence-electron chi connectivity index (χ4n) is 1.96. The number of carbonyl (C=O) groups excluding carboxylic acids is 1. The second-order valence-corrected chi connectivity index (χ2v) is 5.03. The second kappa shape index (κ2) is 7.36. The van der Waals surface area contributed by atoms with E-state index in [0.29, 0.717) is 30.5 Å². The van der Waals surface area contributed by atoms with Gasteiger partial charge in [0.25, 0.3) is 0 Å². The van der Waals surface area contributed by atoms with Crippen LogP contribution in [0.25, 0.3) is 0 Å². The number of carbonyl (C=O) groups is 1. The summed E-state index contributed by atoms with van der Waals surface area (Å²) in [5.74, 6) is 0.653. The van der Waals surface area contributed by atoms with E-state index in [2.05, 4.69) is 17.6 Å². The van der Waals surface area contributed by atoms with Crippen molar-refractivity contribution in [3.63, 3.8) is 0 Å². The highest BCUT2D eigenvalue weighted by molar-refractivity contribution is 6.32. The van der Waals surface area contributed by atoms with Crippen molar-refractivity contribution in [2.45, 2.75) is 26.0 Å². The molecule has 1 atom stereocenters. The van der Waals surface area contributed by atoms with Crippen LogP contribution in [0.1, 0.15) is 18.9 Å². The summed E-state index contributed by atoms with van der Waals surface area (Å²) in [6.45, 7) is 4.52. The lowest BCUT2D eigenvalue weighted by molar-refractivity contribution is 0.104. The number of para-hydroxylation sites is 1. The van der Waals surface area contributed by atoms with E-state index in [0.717, 1.165) is 18.5 Å². The maximum absolute atomic E-state index is 10.9. The first kappa shape index (κ1) is 14.9. The Morgan fingerprint density at radius 3 is 3.10 bits per heavy atom. The lowest BCUT2D eigenvalue weighted by Gasteiger charge is -2.15. The summed E-state index contributed by atoms with van der Waals surface area (Å²) in [7, 11) is 0. The lowest BCUT2D eigenvalue weighted by Crippen LogP contribution is -2.23. The molecule has 0 saturated carbocycles. The third-order valence-electron chi connectivity index (χ3n) is 2.95. The van der Waals surface area contributed by atoms with Gasteiger partial charge in [0.05, 0.1) is 11.6 Å². The highest BCUT2D eigenvalue weighted by atomic mass is 35.5. The molecule has 1 fully saturated rings. The molecular weight excluding hydrogens is 280 g/mol. The van der Waals surface area contributed by atoms with Gasteiger partial charge in [0.15, 0.2) is 6.10 Å². The molecule has 1 aromatic carbocycles.